The summed E-state index contributed by atoms with van der Waals surface area (Å²) in [5, 5.41) is 0. The van der Waals surface area contributed by atoms with E-state index in [-0.39, 0.29) is 5.78 Å². The smallest absolute Gasteiger partial charge is 0.163 e. The number of rotatable bonds is 10. The number of carbonyl (C=O) groups is 1. The lowest BCUT2D eigenvalue weighted by molar-refractivity contribution is 0.0963. The van der Waals surface area contributed by atoms with Crippen molar-refractivity contribution in [3.63, 3.8) is 0 Å². The van der Waals surface area contributed by atoms with Crippen LogP contribution in [0.15, 0.2) is 18.2 Å². The van der Waals surface area contributed by atoms with E-state index in [0.29, 0.717) is 36.9 Å². The fourth-order valence-electron chi connectivity index (χ4n) is 1.92. The summed E-state index contributed by atoms with van der Waals surface area (Å²) < 4.78 is 11.4. The van der Waals surface area contributed by atoms with Crippen LogP contribution in [0, 0.1) is 5.92 Å². The first-order valence-corrected chi connectivity index (χ1v) is 8.05. The first-order valence-electron chi connectivity index (χ1n) is 8.05. The lowest BCUT2D eigenvalue weighted by atomic mass is 9.97. The van der Waals surface area contributed by atoms with Crippen molar-refractivity contribution in [3.05, 3.63) is 23.8 Å². The molecule has 0 saturated carbocycles. The highest BCUT2D eigenvalue weighted by molar-refractivity contribution is 5.96. The van der Waals surface area contributed by atoms with Gasteiger partial charge in [0.05, 0.1) is 13.2 Å². The summed E-state index contributed by atoms with van der Waals surface area (Å²) >= 11 is 0. The molecular formula is C18H28O3. The normalized spacial score (nSPS) is 12.0. The SMILES string of the molecule is CCCOc1ccc(C(=O)CC(C)CC)cc1OCCC. The largest absolute Gasteiger partial charge is 0.490 e. The third kappa shape index (κ3) is 5.78. The second-order valence-corrected chi connectivity index (χ2v) is 5.50. The fraction of sp³-hybridized carbons (Fsp3) is 0.611. The van der Waals surface area contributed by atoms with Crippen LogP contribution in [0.5, 0.6) is 11.5 Å². The Kier molecular flexibility index (Phi) is 7.88. The molecule has 1 unspecified atom stereocenters. The standard InChI is InChI=1S/C18H28O3/c1-5-10-20-17-9-8-15(13-18(17)21-11-6-2)16(19)12-14(4)7-3/h8-9,13-14H,5-7,10-12H2,1-4H3. The molecule has 0 heterocycles. The van der Waals surface area contributed by atoms with Gasteiger partial charge in [-0.15, -0.1) is 0 Å². The second-order valence-electron chi connectivity index (χ2n) is 5.50. The molecule has 0 N–H and O–H groups in total. The maximum atomic E-state index is 12.3. The minimum absolute atomic E-state index is 0.174. The number of hydrogen-bond donors (Lipinski definition) is 0. The van der Waals surface area contributed by atoms with E-state index in [0.717, 1.165) is 25.0 Å². The minimum Gasteiger partial charge on any atom is -0.490 e. The van der Waals surface area contributed by atoms with Crippen molar-refractivity contribution < 1.29 is 14.3 Å². The summed E-state index contributed by atoms with van der Waals surface area (Å²) in [6.07, 6.45) is 3.47. The van der Waals surface area contributed by atoms with E-state index in [2.05, 4.69) is 27.7 Å². The zero-order valence-corrected chi connectivity index (χ0v) is 13.8. The first-order chi connectivity index (χ1) is 10.1. The Morgan fingerprint density at radius 3 is 2.24 bits per heavy atom. The lowest BCUT2D eigenvalue weighted by Crippen LogP contribution is -2.07. The molecule has 0 saturated heterocycles. The highest BCUT2D eigenvalue weighted by atomic mass is 16.5. The van der Waals surface area contributed by atoms with Crippen molar-refractivity contribution in [2.75, 3.05) is 13.2 Å². The summed E-state index contributed by atoms with van der Waals surface area (Å²) in [5.41, 5.74) is 0.713. The van der Waals surface area contributed by atoms with E-state index in [4.69, 9.17) is 9.47 Å². The second kappa shape index (κ2) is 9.43. The Labute approximate surface area is 128 Å². The quantitative estimate of drug-likeness (QED) is 0.576. The van der Waals surface area contributed by atoms with Crippen molar-refractivity contribution >= 4 is 5.78 Å². The molecular weight excluding hydrogens is 264 g/mol. The maximum Gasteiger partial charge on any atom is 0.163 e. The molecule has 0 aromatic heterocycles. The molecule has 3 nitrogen and oxygen atoms in total. The van der Waals surface area contributed by atoms with Gasteiger partial charge in [0.15, 0.2) is 17.3 Å². The van der Waals surface area contributed by atoms with E-state index in [1.807, 2.05) is 18.2 Å². The highest BCUT2D eigenvalue weighted by Crippen LogP contribution is 2.29. The molecule has 0 aliphatic carbocycles. The Morgan fingerprint density at radius 2 is 1.67 bits per heavy atom. The summed E-state index contributed by atoms with van der Waals surface area (Å²) in [6.45, 7) is 9.62. The molecule has 0 aliphatic rings. The van der Waals surface area contributed by atoms with Gasteiger partial charge in [-0.05, 0) is 37.0 Å². The van der Waals surface area contributed by atoms with Gasteiger partial charge in [0.25, 0.3) is 0 Å². The van der Waals surface area contributed by atoms with Crippen LogP contribution in [-0.4, -0.2) is 19.0 Å². The molecule has 1 atom stereocenters. The number of hydrogen-bond acceptors (Lipinski definition) is 3. The topological polar surface area (TPSA) is 35.5 Å². The molecule has 0 spiro atoms. The lowest BCUT2D eigenvalue weighted by Gasteiger charge is -2.14. The van der Waals surface area contributed by atoms with Gasteiger partial charge < -0.3 is 9.47 Å². The number of carbonyl (C=O) groups excluding carboxylic acids is 1. The van der Waals surface area contributed by atoms with E-state index in [9.17, 15) is 4.79 Å². The van der Waals surface area contributed by atoms with Crippen molar-refractivity contribution in [2.45, 2.75) is 53.4 Å². The van der Waals surface area contributed by atoms with Gasteiger partial charge in [0, 0.05) is 12.0 Å². The Morgan fingerprint density at radius 1 is 1.05 bits per heavy atom. The van der Waals surface area contributed by atoms with Crippen molar-refractivity contribution in [1.82, 2.24) is 0 Å². The third-order valence-corrected chi connectivity index (χ3v) is 3.42. The van der Waals surface area contributed by atoms with Crippen molar-refractivity contribution in [3.8, 4) is 11.5 Å². The summed E-state index contributed by atoms with van der Waals surface area (Å²) in [5.74, 6) is 1.99. The third-order valence-electron chi connectivity index (χ3n) is 3.42. The van der Waals surface area contributed by atoms with Crippen LogP contribution in [-0.2, 0) is 0 Å². The van der Waals surface area contributed by atoms with Crippen LogP contribution < -0.4 is 9.47 Å². The molecule has 3 heteroatoms. The van der Waals surface area contributed by atoms with Crippen LogP contribution in [0.25, 0.3) is 0 Å². The molecule has 1 aromatic carbocycles. The van der Waals surface area contributed by atoms with E-state index in [1.54, 1.807) is 0 Å². The average Bonchev–Trinajstić information content (AvgIpc) is 2.50. The molecule has 0 radical (unpaired) electrons. The molecule has 1 rings (SSSR count). The van der Waals surface area contributed by atoms with Crippen molar-refractivity contribution in [2.24, 2.45) is 5.92 Å². The van der Waals surface area contributed by atoms with Gasteiger partial charge in [-0.3, -0.25) is 4.79 Å². The van der Waals surface area contributed by atoms with E-state index >= 15 is 0 Å². The average molecular weight is 292 g/mol. The Bertz CT molecular complexity index is 440. The zero-order valence-electron chi connectivity index (χ0n) is 13.8. The van der Waals surface area contributed by atoms with Crippen LogP contribution >= 0.6 is 0 Å². The summed E-state index contributed by atoms with van der Waals surface area (Å²) in [6, 6.07) is 5.52. The van der Waals surface area contributed by atoms with Gasteiger partial charge in [-0.2, -0.15) is 0 Å². The van der Waals surface area contributed by atoms with Gasteiger partial charge in [0.1, 0.15) is 0 Å². The molecule has 1 aromatic rings. The zero-order chi connectivity index (χ0) is 15.7. The Balaban J connectivity index is 2.88. The molecule has 0 fully saturated rings. The monoisotopic (exact) mass is 292 g/mol. The van der Waals surface area contributed by atoms with Gasteiger partial charge in [-0.1, -0.05) is 34.1 Å². The van der Waals surface area contributed by atoms with Gasteiger partial charge >= 0.3 is 0 Å². The fourth-order valence-corrected chi connectivity index (χ4v) is 1.92. The predicted molar refractivity (Wildman–Crippen MR) is 86.4 cm³/mol. The number of ketones is 1. The summed E-state index contributed by atoms with van der Waals surface area (Å²) in [4.78, 5) is 12.3. The number of ether oxygens (including phenoxy) is 2. The van der Waals surface area contributed by atoms with E-state index in [1.165, 1.54) is 0 Å². The maximum absolute atomic E-state index is 12.3. The van der Waals surface area contributed by atoms with Crippen LogP contribution in [0.3, 0.4) is 0 Å². The van der Waals surface area contributed by atoms with Crippen molar-refractivity contribution in [1.29, 1.82) is 0 Å². The highest BCUT2D eigenvalue weighted by Gasteiger charge is 2.14. The van der Waals surface area contributed by atoms with Crippen LogP contribution in [0.2, 0.25) is 0 Å². The summed E-state index contributed by atoms with van der Waals surface area (Å²) in [7, 11) is 0. The van der Waals surface area contributed by atoms with Gasteiger partial charge in [0.2, 0.25) is 0 Å². The minimum atomic E-state index is 0.174. The molecule has 21 heavy (non-hydrogen) atoms. The molecule has 0 bridgehead atoms. The van der Waals surface area contributed by atoms with Gasteiger partial charge in [-0.25, -0.2) is 0 Å². The van der Waals surface area contributed by atoms with Crippen LogP contribution in [0.1, 0.15) is 63.7 Å². The van der Waals surface area contributed by atoms with Crippen LogP contribution in [0.4, 0.5) is 0 Å². The molecule has 0 aliphatic heterocycles. The number of benzene rings is 1. The number of Topliss-reactive ketones (excluding diaryl/α,β-unsaturated/α-hetero) is 1. The van der Waals surface area contributed by atoms with E-state index < -0.39 is 0 Å². The Hall–Kier alpha value is -1.51. The predicted octanol–water partition coefficient (Wildman–Crippen LogP) is 4.88. The first kappa shape index (κ1) is 17.5. The molecule has 118 valence electrons. The molecule has 0 amide bonds.